The lowest BCUT2D eigenvalue weighted by atomic mass is 9.81. The topological polar surface area (TPSA) is 77.7 Å². The van der Waals surface area contributed by atoms with Gasteiger partial charge in [0.1, 0.15) is 11.7 Å². The Bertz CT molecular complexity index is 703. The van der Waals surface area contributed by atoms with Crippen LogP contribution in [0.4, 0.5) is 0 Å². The fourth-order valence-corrected chi connectivity index (χ4v) is 5.08. The molecule has 1 aliphatic carbocycles. The molecule has 4 rings (SSSR count). The van der Waals surface area contributed by atoms with Crippen molar-refractivity contribution in [2.45, 2.75) is 108 Å². The van der Waals surface area contributed by atoms with E-state index in [0.29, 0.717) is 18.4 Å². The summed E-state index contributed by atoms with van der Waals surface area (Å²) >= 11 is 0. The number of carbonyl (C=O) groups is 2. The van der Waals surface area contributed by atoms with E-state index in [1.165, 1.54) is 6.92 Å². The molecule has 4 aliphatic rings. The summed E-state index contributed by atoms with van der Waals surface area (Å²) in [5, 5.41) is 0. The van der Waals surface area contributed by atoms with Crippen LogP contribution in [0.5, 0.6) is 0 Å². The van der Waals surface area contributed by atoms with Crippen molar-refractivity contribution in [3.05, 3.63) is 12.2 Å². The zero-order valence-corrected chi connectivity index (χ0v) is 17.4. The first kappa shape index (κ1) is 19.9. The molecule has 156 valence electrons. The van der Waals surface area contributed by atoms with Crippen LogP contribution in [-0.2, 0) is 28.5 Å². The highest BCUT2D eigenvalue weighted by Gasteiger charge is 2.58. The number of ether oxygens (including phenoxy) is 4. The average Bonchev–Trinajstić information content (AvgIpc) is 3.47. The van der Waals surface area contributed by atoms with Crippen LogP contribution in [0, 0.1) is 5.92 Å². The molecule has 3 aliphatic heterocycles. The third-order valence-electron chi connectivity index (χ3n) is 7.43. The first-order valence-electron chi connectivity index (χ1n) is 10.5. The number of fused-ring (bicyclic) bond motifs is 5. The number of hydrogen-bond acceptors (Lipinski definition) is 6. The van der Waals surface area contributed by atoms with E-state index in [1.54, 1.807) is 0 Å². The second-order valence-corrected chi connectivity index (χ2v) is 9.71. The van der Waals surface area contributed by atoms with Gasteiger partial charge in [0.2, 0.25) is 0 Å². The summed E-state index contributed by atoms with van der Waals surface area (Å²) in [5.74, 6) is -0.709. The molecule has 0 unspecified atom stereocenters. The smallest absolute Gasteiger partial charge is 0.334 e. The van der Waals surface area contributed by atoms with Crippen LogP contribution in [0.3, 0.4) is 0 Å². The molecular weight excluding hydrogens is 360 g/mol. The molecule has 0 aromatic heterocycles. The Kier molecular flexibility index (Phi) is 4.66. The second kappa shape index (κ2) is 6.56. The first-order valence-corrected chi connectivity index (χ1v) is 10.5. The Balaban J connectivity index is 1.61. The van der Waals surface area contributed by atoms with Gasteiger partial charge in [-0.15, -0.1) is 0 Å². The summed E-state index contributed by atoms with van der Waals surface area (Å²) in [6, 6.07) is 0. The van der Waals surface area contributed by atoms with E-state index >= 15 is 0 Å². The molecular formula is C22H32O6. The molecule has 0 spiro atoms. The standard InChI is InChI=1S/C22H32O6/c1-13-15-6-9-20(3,28-19(13)24)16(25-14(2)23)7-10-21(4)17(26-21)8-11-22(5)18(12-15)27-22/h15-18H,1,6-12H2,2-5H3/t15-,16-,17+,18+,20-,21-,22+/m1/s1. The van der Waals surface area contributed by atoms with E-state index < -0.39 is 11.7 Å². The van der Waals surface area contributed by atoms with E-state index in [9.17, 15) is 9.59 Å². The Hall–Kier alpha value is -1.40. The lowest BCUT2D eigenvalue weighted by molar-refractivity contribution is -0.181. The molecule has 6 heteroatoms. The normalized spacial score (nSPS) is 48.4. The molecule has 0 radical (unpaired) electrons. The molecule has 28 heavy (non-hydrogen) atoms. The van der Waals surface area contributed by atoms with Gasteiger partial charge in [-0.05, 0) is 71.6 Å². The number of epoxide rings is 2. The van der Waals surface area contributed by atoms with Crippen molar-refractivity contribution in [3.8, 4) is 0 Å². The molecule has 0 aromatic carbocycles. The maximum absolute atomic E-state index is 12.8. The number of carbonyl (C=O) groups excluding carboxylic acids is 2. The van der Waals surface area contributed by atoms with Gasteiger partial charge in [0.25, 0.3) is 0 Å². The van der Waals surface area contributed by atoms with Gasteiger partial charge in [-0.2, -0.15) is 0 Å². The van der Waals surface area contributed by atoms with Crippen LogP contribution < -0.4 is 0 Å². The molecule has 0 N–H and O–H groups in total. The largest absolute Gasteiger partial charge is 0.458 e. The predicted molar refractivity (Wildman–Crippen MR) is 102 cm³/mol. The van der Waals surface area contributed by atoms with Crippen molar-refractivity contribution in [1.82, 2.24) is 0 Å². The van der Waals surface area contributed by atoms with E-state index in [0.717, 1.165) is 32.1 Å². The predicted octanol–water partition coefficient (Wildman–Crippen LogP) is 3.47. The van der Waals surface area contributed by atoms with Gasteiger partial charge >= 0.3 is 11.9 Å². The number of esters is 2. The van der Waals surface area contributed by atoms with Gasteiger partial charge in [0, 0.05) is 12.5 Å². The van der Waals surface area contributed by atoms with Gasteiger partial charge in [-0.25, -0.2) is 4.79 Å². The van der Waals surface area contributed by atoms with Gasteiger partial charge < -0.3 is 18.9 Å². The minimum Gasteiger partial charge on any atom is -0.458 e. The maximum Gasteiger partial charge on any atom is 0.334 e. The summed E-state index contributed by atoms with van der Waals surface area (Å²) < 4.78 is 23.6. The summed E-state index contributed by atoms with van der Waals surface area (Å²) in [4.78, 5) is 24.5. The minimum atomic E-state index is -0.862. The Morgan fingerprint density at radius 2 is 1.61 bits per heavy atom. The highest BCUT2D eigenvalue weighted by molar-refractivity contribution is 5.89. The Morgan fingerprint density at radius 1 is 1.00 bits per heavy atom. The summed E-state index contributed by atoms with van der Waals surface area (Å²) in [7, 11) is 0. The summed E-state index contributed by atoms with van der Waals surface area (Å²) in [6.07, 6.45) is 5.30. The Labute approximate surface area is 166 Å². The van der Waals surface area contributed by atoms with Crippen LogP contribution in [0.1, 0.15) is 72.6 Å². The van der Waals surface area contributed by atoms with Crippen LogP contribution in [0.15, 0.2) is 12.2 Å². The molecule has 0 aromatic rings. The lowest BCUT2D eigenvalue weighted by Crippen LogP contribution is -2.45. The van der Waals surface area contributed by atoms with Crippen molar-refractivity contribution in [3.63, 3.8) is 0 Å². The van der Waals surface area contributed by atoms with E-state index in [4.69, 9.17) is 18.9 Å². The molecule has 3 saturated heterocycles. The zero-order chi connectivity index (χ0) is 20.3. The van der Waals surface area contributed by atoms with Crippen molar-refractivity contribution in [2.24, 2.45) is 5.92 Å². The lowest BCUT2D eigenvalue weighted by Gasteiger charge is -2.35. The van der Waals surface area contributed by atoms with Crippen LogP contribution in [0.2, 0.25) is 0 Å². The fourth-order valence-electron chi connectivity index (χ4n) is 5.08. The van der Waals surface area contributed by atoms with Gasteiger partial charge in [-0.1, -0.05) is 6.58 Å². The van der Waals surface area contributed by atoms with Crippen molar-refractivity contribution >= 4 is 11.9 Å². The van der Waals surface area contributed by atoms with Crippen molar-refractivity contribution < 1.29 is 28.5 Å². The summed E-state index contributed by atoms with van der Waals surface area (Å²) in [6.45, 7) is 11.6. The van der Waals surface area contributed by atoms with E-state index in [1.807, 2.05) is 6.92 Å². The minimum absolute atomic E-state index is 0.0320. The molecule has 1 saturated carbocycles. The number of rotatable bonds is 1. The van der Waals surface area contributed by atoms with Crippen molar-refractivity contribution in [1.29, 1.82) is 0 Å². The van der Waals surface area contributed by atoms with E-state index in [-0.39, 0.29) is 41.3 Å². The highest BCUT2D eigenvalue weighted by Crippen LogP contribution is 2.51. The molecule has 2 bridgehead atoms. The zero-order valence-electron chi connectivity index (χ0n) is 17.4. The van der Waals surface area contributed by atoms with Gasteiger partial charge in [0.05, 0.1) is 23.4 Å². The molecule has 7 atom stereocenters. The highest BCUT2D eigenvalue weighted by atomic mass is 16.6. The van der Waals surface area contributed by atoms with Crippen LogP contribution in [0.25, 0.3) is 0 Å². The molecule has 6 nitrogen and oxygen atoms in total. The molecule has 0 amide bonds. The van der Waals surface area contributed by atoms with Crippen molar-refractivity contribution in [2.75, 3.05) is 0 Å². The third kappa shape index (κ3) is 3.61. The van der Waals surface area contributed by atoms with E-state index in [2.05, 4.69) is 20.4 Å². The SMILES string of the molecule is C=C1C(=O)O[C@]2(C)CC[C@@H]1C[C@@H]1O[C@@]1(C)CC[C@@H]1O[C@]1(C)CC[C@H]2OC(C)=O. The summed E-state index contributed by atoms with van der Waals surface area (Å²) in [5.41, 5.74) is -0.688. The van der Waals surface area contributed by atoms with Gasteiger partial charge in [-0.3, -0.25) is 4.79 Å². The molecule has 3 heterocycles. The molecule has 4 fully saturated rings. The maximum atomic E-state index is 12.8. The second-order valence-electron chi connectivity index (χ2n) is 9.71. The average molecular weight is 392 g/mol. The van der Waals surface area contributed by atoms with Crippen LogP contribution >= 0.6 is 0 Å². The monoisotopic (exact) mass is 392 g/mol. The third-order valence-corrected chi connectivity index (χ3v) is 7.43. The first-order chi connectivity index (χ1) is 13.0. The van der Waals surface area contributed by atoms with Crippen LogP contribution in [-0.4, -0.2) is 47.1 Å². The quantitative estimate of drug-likeness (QED) is 0.386. The fraction of sp³-hybridized carbons (Fsp3) is 0.818. The number of hydrogen-bond donors (Lipinski definition) is 0. The Morgan fingerprint density at radius 3 is 2.32 bits per heavy atom. The van der Waals surface area contributed by atoms with Gasteiger partial charge in [0.15, 0.2) is 0 Å².